The summed E-state index contributed by atoms with van der Waals surface area (Å²) in [6, 6.07) is 10.9. The molecule has 0 heterocycles. The van der Waals surface area contributed by atoms with Crippen LogP contribution in [0, 0.1) is 0 Å². The lowest BCUT2D eigenvalue weighted by Crippen LogP contribution is -2.01. The van der Waals surface area contributed by atoms with Crippen LogP contribution in [0.3, 0.4) is 0 Å². The van der Waals surface area contributed by atoms with Crippen LogP contribution in [0.15, 0.2) is 52.7 Å². The van der Waals surface area contributed by atoms with Gasteiger partial charge in [-0.1, -0.05) is 12.1 Å². The van der Waals surface area contributed by atoms with Gasteiger partial charge in [0.05, 0.1) is 30.5 Å². The van der Waals surface area contributed by atoms with E-state index in [2.05, 4.69) is 10.2 Å². The third-order valence-electron chi connectivity index (χ3n) is 3.01. The normalized spacial score (nSPS) is 10.7. The highest BCUT2D eigenvalue weighted by molar-refractivity contribution is 5.95. The van der Waals surface area contributed by atoms with Crippen molar-refractivity contribution < 1.29 is 24.5 Å². The van der Waals surface area contributed by atoms with E-state index in [1.807, 2.05) is 12.1 Å². The van der Waals surface area contributed by atoms with Crippen molar-refractivity contribution in [2.24, 2.45) is 10.2 Å². The van der Waals surface area contributed by atoms with E-state index in [9.17, 15) is 9.59 Å². The van der Waals surface area contributed by atoms with Gasteiger partial charge in [0.2, 0.25) is 0 Å². The zero-order valence-electron chi connectivity index (χ0n) is 12.3. The second-order valence-corrected chi connectivity index (χ2v) is 4.63. The van der Waals surface area contributed by atoms with Gasteiger partial charge in [-0.05, 0) is 35.9 Å². The summed E-state index contributed by atoms with van der Waals surface area (Å²) in [4.78, 5) is 22.0. The fourth-order valence-corrected chi connectivity index (χ4v) is 1.85. The molecular weight excluding hydrogens is 300 g/mol. The first kappa shape index (κ1) is 16.2. The van der Waals surface area contributed by atoms with Crippen molar-refractivity contribution in [3.05, 3.63) is 59.2 Å². The van der Waals surface area contributed by atoms with Crippen LogP contribution in [0.1, 0.15) is 26.3 Å². The number of hydrogen-bond donors (Lipinski definition) is 2. The lowest BCUT2D eigenvalue weighted by molar-refractivity contribution is 0.0696. The maximum absolute atomic E-state index is 11.0. The van der Waals surface area contributed by atoms with Crippen molar-refractivity contribution in [3.63, 3.8) is 0 Å². The standard InChI is InChI=1S/C16H14N2O5/c1-23-14-4-2-10(3-5-14)9-17-18-13-7-11(15(19)20)6-12(8-13)16(21)22/h2-8H,9H2,1H3,(H,19,20)(H,21,22). The second kappa shape index (κ2) is 7.17. The molecule has 2 aromatic rings. The third-order valence-corrected chi connectivity index (χ3v) is 3.01. The van der Waals surface area contributed by atoms with Gasteiger partial charge in [-0.2, -0.15) is 10.2 Å². The molecule has 2 aromatic carbocycles. The molecule has 2 N–H and O–H groups in total. The van der Waals surface area contributed by atoms with E-state index >= 15 is 0 Å². The molecule has 23 heavy (non-hydrogen) atoms. The summed E-state index contributed by atoms with van der Waals surface area (Å²) in [5.41, 5.74) is 0.768. The molecule has 0 unspecified atom stereocenters. The number of hydrogen-bond acceptors (Lipinski definition) is 5. The lowest BCUT2D eigenvalue weighted by Gasteiger charge is -2.01. The molecule has 0 aromatic heterocycles. The summed E-state index contributed by atoms with van der Waals surface area (Å²) >= 11 is 0. The predicted octanol–water partition coefficient (Wildman–Crippen LogP) is 3.38. The number of carboxylic acids is 2. The molecule has 0 radical (unpaired) electrons. The summed E-state index contributed by atoms with van der Waals surface area (Å²) in [5.74, 6) is -1.72. The van der Waals surface area contributed by atoms with E-state index in [0.29, 0.717) is 0 Å². The molecule has 0 spiro atoms. The van der Waals surface area contributed by atoms with Gasteiger partial charge in [-0.3, -0.25) is 0 Å². The Kier molecular flexibility index (Phi) is 5.03. The molecule has 7 heteroatoms. The molecule has 0 aliphatic rings. The third kappa shape index (κ3) is 4.37. The Morgan fingerprint density at radius 1 is 1.00 bits per heavy atom. The maximum Gasteiger partial charge on any atom is 0.335 e. The van der Waals surface area contributed by atoms with Gasteiger partial charge in [0.1, 0.15) is 5.75 Å². The molecule has 0 saturated carbocycles. The number of carboxylic acid groups (broad SMARTS) is 2. The fourth-order valence-electron chi connectivity index (χ4n) is 1.85. The minimum absolute atomic E-state index is 0.150. The fraction of sp³-hybridized carbons (Fsp3) is 0.125. The van der Waals surface area contributed by atoms with Crippen LogP contribution in [0.4, 0.5) is 5.69 Å². The van der Waals surface area contributed by atoms with E-state index in [4.69, 9.17) is 14.9 Å². The number of carbonyl (C=O) groups is 2. The SMILES string of the molecule is COc1ccc(CN=Nc2cc(C(=O)O)cc(C(=O)O)c2)cc1. The van der Waals surface area contributed by atoms with Crippen LogP contribution in [-0.4, -0.2) is 29.3 Å². The largest absolute Gasteiger partial charge is 0.497 e. The van der Waals surface area contributed by atoms with Gasteiger partial charge in [0, 0.05) is 0 Å². The Hall–Kier alpha value is -3.22. The first-order valence-electron chi connectivity index (χ1n) is 6.61. The second-order valence-electron chi connectivity index (χ2n) is 4.63. The first-order chi connectivity index (χ1) is 11.0. The van der Waals surface area contributed by atoms with Crippen LogP contribution in [0.5, 0.6) is 5.75 Å². The Balaban J connectivity index is 2.17. The number of ether oxygens (including phenoxy) is 1. The molecule has 2 rings (SSSR count). The summed E-state index contributed by atoms with van der Waals surface area (Å²) in [6.07, 6.45) is 0. The van der Waals surface area contributed by atoms with E-state index in [-0.39, 0.29) is 23.4 Å². The highest BCUT2D eigenvalue weighted by atomic mass is 16.5. The zero-order valence-corrected chi connectivity index (χ0v) is 12.3. The smallest absolute Gasteiger partial charge is 0.335 e. The first-order valence-corrected chi connectivity index (χ1v) is 6.61. The summed E-state index contributed by atoms with van der Waals surface area (Å²) in [6.45, 7) is 0.281. The summed E-state index contributed by atoms with van der Waals surface area (Å²) in [5, 5.41) is 25.8. The van der Waals surface area contributed by atoms with E-state index in [0.717, 1.165) is 17.4 Å². The lowest BCUT2D eigenvalue weighted by atomic mass is 10.1. The van der Waals surface area contributed by atoms with Crippen molar-refractivity contribution in [2.45, 2.75) is 6.54 Å². The average molecular weight is 314 g/mol. The summed E-state index contributed by atoms with van der Waals surface area (Å²) in [7, 11) is 1.57. The van der Waals surface area contributed by atoms with E-state index in [1.54, 1.807) is 19.2 Å². The topological polar surface area (TPSA) is 109 Å². The number of nitrogens with zero attached hydrogens (tertiary/aromatic N) is 2. The highest BCUT2D eigenvalue weighted by Crippen LogP contribution is 2.20. The van der Waals surface area contributed by atoms with Crippen molar-refractivity contribution in [3.8, 4) is 5.75 Å². The Labute approximate surface area is 131 Å². The van der Waals surface area contributed by atoms with Gasteiger partial charge < -0.3 is 14.9 Å². The average Bonchev–Trinajstić information content (AvgIpc) is 2.55. The summed E-state index contributed by atoms with van der Waals surface area (Å²) < 4.78 is 5.05. The number of aromatic carboxylic acids is 2. The molecular formula is C16H14N2O5. The Morgan fingerprint density at radius 2 is 1.57 bits per heavy atom. The minimum atomic E-state index is -1.22. The van der Waals surface area contributed by atoms with Crippen LogP contribution in [0.25, 0.3) is 0 Å². The van der Waals surface area contributed by atoms with Gasteiger partial charge in [0.25, 0.3) is 0 Å². The van der Waals surface area contributed by atoms with Crippen molar-refractivity contribution in [1.29, 1.82) is 0 Å². The van der Waals surface area contributed by atoms with Crippen LogP contribution >= 0.6 is 0 Å². The van der Waals surface area contributed by atoms with Gasteiger partial charge in [-0.25, -0.2) is 9.59 Å². The van der Waals surface area contributed by atoms with Crippen LogP contribution < -0.4 is 4.74 Å². The van der Waals surface area contributed by atoms with Crippen molar-refractivity contribution >= 4 is 17.6 Å². The minimum Gasteiger partial charge on any atom is -0.497 e. The van der Waals surface area contributed by atoms with E-state index in [1.165, 1.54) is 12.1 Å². The molecule has 0 bridgehead atoms. The van der Waals surface area contributed by atoms with E-state index < -0.39 is 11.9 Å². The number of rotatable bonds is 6. The molecule has 0 saturated heterocycles. The van der Waals surface area contributed by atoms with Gasteiger partial charge in [0.15, 0.2) is 0 Å². The monoisotopic (exact) mass is 314 g/mol. The zero-order chi connectivity index (χ0) is 16.8. The quantitative estimate of drug-likeness (QED) is 0.794. The Morgan fingerprint density at radius 3 is 2.04 bits per heavy atom. The van der Waals surface area contributed by atoms with Crippen LogP contribution in [-0.2, 0) is 6.54 Å². The molecule has 0 atom stereocenters. The number of benzene rings is 2. The van der Waals surface area contributed by atoms with Crippen molar-refractivity contribution in [2.75, 3.05) is 7.11 Å². The van der Waals surface area contributed by atoms with Crippen LogP contribution in [0.2, 0.25) is 0 Å². The molecule has 0 aliphatic carbocycles. The molecule has 0 amide bonds. The highest BCUT2D eigenvalue weighted by Gasteiger charge is 2.11. The number of methoxy groups -OCH3 is 1. The van der Waals surface area contributed by atoms with Gasteiger partial charge in [-0.15, -0.1) is 0 Å². The Bertz CT molecular complexity index is 721. The molecule has 118 valence electrons. The number of azo groups is 1. The van der Waals surface area contributed by atoms with Crippen molar-refractivity contribution in [1.82, 2.24) is 0 Å². The van der Waals surface area contributed by atoms with Gasteiger partial charge >= 0.3 is 11.9 Å². The molecule has 0 fully saturated rings. The molecule has 0 aliphatic heterocycles. The predicted molar refractivity (Wildman–Crippen MR) is 81.6 cm³/mol. The molecule has 7 nitrogen and oxygen atoms in total. The maximum atomic E-state index is 11.0.